The molecule has 2 fully saturated rings. The van der Waals surface area contributed by atoms with Gasteiger partial charge in [0, 0.05) is 0 Å². The minimum Gasteiger partial charge on any atom is -0.527 e. The van der Waals surface area contributed by atoms with Crippen molar-refractivity contribution in [3.8, 4) is 0 Å². The Morgan fingerprint density at radius 1 is 0.714 bits per heavy atom. The summed E-state index contributed by atoms with van der Waals surface area (Å²) in [7, 11) is 0. The molecule has 0 N–H and O–H groups in total. The molecular weight excluding hydrogens is 288 g/mol. The molecule has 1 heteroatoms. The second kappa shape index (κ2) is 16.8. The van der Waals surface area contributed by atoms with Gasteiger partial charge in [0.1, 0.15) is 0 Å². The van der Waals surface area contributed by atoms with Crippen LogP contribution in [0.4, 0.5) is 0 Å². The van der Waals surface area contributed by atoms with Gasteiger partial charge in [-0.05, 0) is 64.2 Å². The van der Waals surface area contributed by atoms with Gasteiger partial charge >= 0.3 is 21.7 Å². The molecule has 2 rings (SSSR count). The maximum Gasteiger partial charge on any atom is 2.00 e. The van der Waals surface area contributed by atoms with Crippen LogP contribution in [0.25, 0.3) is 0 Å². The van der Waals surface area contributed by atoms with E-state index in [1.807, 2.05) is 64.2 Å². The SMILES string of the molecule is [CH2-]C[C-]=C(C(C)C)C(C)C.[CH]1[CH][CH][CH][CH]1.[CH]1[CH][CH][CH][CH]1.[Ti+2]. The molecule has 0 bridgehead atoms. The van der Waals surface area contributed by atoms with Gasteiger partial charge in [-0.3, -0.25) is 5.57 Å². The topological polar surface area (TPSA) is 0 Å². The van der Waals surface area contributed by atoms with Gasteiger partial charge in [-0.1, -0.05) is 39.5 Å². The minimum atomic E-state index is 0. The summed E-state index contributed by atoms with van der Waals surface area (Å²) < 4.78 is 0. The van der Waals surface area contributed by atoms with Crippen LogP contribution in [-0.4, -0.2) is 0 Å². The Morgan fingerprint density at radius 3 is 1.05 bits per heavy atom. The van der Waals surface area contributed by atoms with Crippen LogP contribution in [0.5, 0.6) is 0 Å². The second-order valence-electron chi connectivity index (χ2n) is 5.12. The third-order valence-corrected chi connectivity index (χ3v) is 2.68. The summed E-state index contributed by atoms with van der Waals surface area (Å²) in [4.78, 5) is 0. The normalized spacial score (nSPS) is 16.5. The van der Waals surface area contributed by atoms with Crippen LogP contribution in [0, 0.1) is 89.0 Å². The summed E-state index contributed by atoms with van der Waals surface area (Å²) in [5.74, 6) is 1.25. The van der Waals surface area contributed by atoms with Crippen molar-refractivity contribution in [1.82, 2.24) is 0 Å². The van der Waals surface area contributed by atoms with Gasteiger partial charge in [0.2, 0.25) is 0 Å². The average Bonchev–Trinajstić information content (AvgIpc) is 3.10. The summed E-state index contributed by atoms with van der Waals surface area (Å²) in [6.07, 6.45) is 24.1. The molecule has 0 aromatic carbocycles. The van der Waals surface area contributed by atoms with Crippen LogP contribution >= 0.6 is 0 Å². The third kappa shape index (κ3) is 15.1. The fourth-order valence-electron chi connectivity index (χ4n) is 1.86. The number of hydrogen-bond acceptors (Lipinski definition) is 0. The van der Waals surface area contributed by atoms with Crippen molar-refractivity contribution in [1.29, 1.82) is 0 Å². The maximum atomic E-state index is 3.76. The van der Waals surface area contributed by atoms with Gasteiger partial charge < -0.3 is 19.4 Å². The fourth-order valence-corrected chi connectivity index (χ4v) is 1.86. The molecule has 0 heterocycles. The molecular formula is C20H28Ti. The molecule has 2 aliphatic rings. The molecule has 0 spiro atoms. The Bertz CT molecular complexity index is 185. The van der Waals surface area contributed by atoms with E-state index >= 15 is 0 Å². The minimum absolute atomic E-state index is 0. The summed E-state index contributed by atoms with van der Waals surface area (Å²) in [5.41, 5.74) is 1.41. The molecule has 2 saturated carbocycles. The van der Waals surface area contributed by atoms with Gasteiger partial charge in [-0.15, -0.1) is 0 Å². The van der Waals surface area contributed by atoms with E-state index in [2.05, 4.69) is 40.7 Å². The average molecular weight is 316 g/mol. The van der Waals surface area contributed by atoms with Gasteiger partial charge in [-0.25, -0.2) is 0 Å². The van der Waals surface area contributed by atoms with Crippen molar-refractivity contribution < 1.29 is 21.7 Å². The summed E-state index contributed by atoms with van der Waals surface area (Å²) in [6, 6.07) is 0. The van der Waals surface area contributed by atoms with Crippen LogP contribution in [0.2, 0.25) is 0 Å². The first-order valence-corrected chi connectivity index (χ1v) is 7.32. The van der Waals surface area contributed by atoms with E-state index in [4.69, 9.17) is 0 Å². The first kappa shape index (κ1) is 23.7. The Kier molecular flexibility index (Phi) is 19.0. The van der Waals surface area contributed by atoms with Crippen molar-refractivity contribution in [3.63, 3.8) is 0 Å². The zero-order valence-corrected chi connectivity index (χ0v) is 15.4. The Labute approximate surface area is 150 Å². The van der Waals surface area contributed by atoms with Crippen molar-refractivity contribution in [2.24, 2.45) is 11.8 Å². The van der Waals surface area contributed by atoms with Gasteiger partial charge in [0.25, 0.3) is 0 Å². The zero-order valence-electron chi connectivity index (χ0n) is 13.8. The molecule has 0 atom stereocenters. The first-order chi connectivity index (χ1) is 9.59. The van der Waals surface area contributed by atoms with Gasteiger partial charge in [0.05, 0.1) is 0 Å². The van der Waals surface area contributed by atoms with Crippen LogP contribution in [0.3, 0.4) is 0 Å². The molecule has 0 aromatic heterocycles. The van der Waals surface area contributed by atoms with Crippen LogP contribution < -0.4 is 0 Å². The molecule has 0 aliphatic heterocycles. The predicted octanol–water partition coefficient (Wildman–Crippen LogP) is 5.29. The number of rotatable bonds is 3. The third-order valence-electron chi connectivity index (χ3n) is 2.68. The molecule has 0 nitrogen and oxygen atoms in total. The molecule has 112 valence electrons. The molecule has 2 aliphatic carbocycles. The first-order valence-electron chi connectivity index (χ1n) is 7.32. The Morgan fingerprint density at radius 2 is 0.952 bits per heavy atom. The smallest absolute Gasteiger partial charge is 0.527 e. The monoisotopic (exact) mass is 316 g/mol. The van der Waals surface area contributed by atoms with Crippen molar-refractivity contribution in [2.45, 2.75) is 34.1 Å². The molecule has 21 heavy (non-hydrogen) atoms. The number of allylic oxidation sites excluding steroid dienone is 2. The largest absolute Gasteiger partial charge is 2.00 e. The summed E-state index contributed by atoms with van der Waals surface area (Å²) in [5, 5.41) is 0. The van der Waals surface area contributed by atoms with Crippen molar-refractivity contribution in [3.05, 3.63) is 82.8 Å². The molecule has 0 aromatic rings. The molecule has 0 unspecified atom stereocenters. The van der Waals surface area contributed by atoms with E-state index < -0.39 is 0 Å². The van der Waals surface area contributed by atoms with E-state index in [-0.39, 0.29) is 21.7 Å². The van der Waals surface area contributed by atoms with Crippen molar-refractivity contribution in [2.75, 3.05) is 0 Å². The molecule has 0 saturated heterocycles. The van der Waals surface area contributed by atoms with Crippen LogP contribution in [0.1, 0.15) is 34.1 Å². The number of hydrogen-bond donors (Lipinski definition) is 0. The van der Waals surface area contributed by atoms with Crippen LogP contribution in [-0.2, 0) is 21.7 Å². The van der Waals surface area contributed by atoms with Gasteiger partial charge in [0.15, 0.2) is 0 Å². The van der Waals surface area contributed by atoms with E-state index in [1.165, 1.54) is 5.57 Å². The maximum absolute atomic E-state index is 3.76. The van der Waals surface area contributed by atoms with E-state index in [9.17, 15) is 0 Å². The molecule has 10 radical (unpaired) electrons. The van der Waals surface area contributed by atoms with E-state index in [0.29, 0.717) is 11.8 Å². The van der Waals surface area contributed by atoms with E-state index in [1.54, 1.807) is 0 Å². The zero-order chi connectivity index (χ0) is 15.2. The Balaban J connectivity index is 0. The summed E-state index contributed by atoms with van der Waals surface area (Å²) >= 11 is 0. The van der Waals surface area contributed by atoms with Gasteiger partial charge in [-0.2, -0.15) is 0 Å². The molecule has 0 amide bonds. The Hall–Kier alpha value is 0.454. The predicted molar refractivity (Wildman–Crippen MR) is 89.4 cm³/mol. The standard InChI is InChI=1S/C10H18.2C5H5.Ti/c1-6-7-10(8(2)3)9(4)5;2*1-2-4-5-3-1;/h8-9H,1,6H2,2-5H3;2*1-5H;/q-2;;;+2. The fraction of sp³-hybridized carbons (Fsp3) is 0.350. The summed E-state index contributed by atoms with van der Waals surface area (Å²) in [6.45, 7) is 12.6. The second-order valence-corrected chi connectivity index (χ2v) is 5.12. The van der Waals surface area contributed by atoms with Crippen LogP contribution in [0.15, 0.2) is 5.57 Å². The van der Waals surface area contributed by atoms with Crippen molar-refractivity contribution >= 4 is 0 Å². The quantitative estimate of drug-likeness (QED) is 0.490. The van der Waals surface area contributed by atoms with E-state index in [0.717, 1.165) is 6.42 Å².